The summed E-state index contributed by atoms with van der Waals surface area (Å²) in [5, 5.41) is 9.86. The normalized spacial score (nSPS) is 18.9. The predicted octanol–water partition coefficient (Wildman–Crippen LogP) is 0.200. The minimum absolute atomic E-state index is 0.0884. The van der Waals surface area contributed by atoms with E-state index < -0.39 is 0 Å². The van der Waals surface area contributed by atoms with E-state index in [2.05, 4.69) is 20.9 Å². The smallest absolute Gasteiger partial charge is 0.241 e. The third-order valence-electron chi connectivity index (χ3n) is 2.87. The average Bonchev–Trinajstić information content (AvgIpc) is 2.95. The summed E-state index contributed by atoms with van der Waals surface area (Å²) in [6.07, 6.45) is 2.56. The van der Waals surface area contributed by atoms with Gasteiger partial charge in [-0.25, -0.2) is 4.99 Å². The Kier molecular flexibility index (Phi) is 9.23. The van der Waals surface area contributed by atoms with Crippen molar-refractivity contribution >= 4 is 23.6 Å². The summed E-state index contributed by atoms with van der Waals surface area (Å²) in [6, 6.07) is 0. The van der Waals surface area contributed by atoms with E-state index in [0.717, 1.165) is 13.1 Å². The Bertz CT molecular complexity index is 307. The molecule has 0 bridgehead atoms. The second-order valence-corrected chi connectivity index (χ2v) is 5.96. The molecule has 0 aromatic rings. The lowest BCUT2D eigenvalue weighted by Gasteiger charge is -2.14. The standard InChI is InChI=1S/C13H26N4O2S/c1-3-14-13(16-9-11-5-4-8-20-11)17-10-12(18)15-6-7-19-2/h11H,3-10H2,1-2H3,(H,15,18)(H2,14,16,17). The van der Waals surface area contributed by atoms with Gasteiger partial charge in [-0.15, -0.1) is 0 Å². The number of aliphatic imine (C=N–C) groups is 1. The van der Waals surface area contributed by atoms with Crippen LogP contribution in [0.5, 0.6) is 0 Å². The fourth-order valence-electron chi connectivity index (χ4n) is 1.86. The number of nitrogens with zero attached hydrogens (tertiary/aromatic N) is 1. The van der Waals surface area contributed by atoms with Crippen molar-refractivity contribution in [1.82, 2.24) is 16.0 Å². The number of ether oxygens (including phenoxy) is 1. The monoisotopic (exact) mass is 302 g/mol. The Hall–Kier alpha value is -0.950. The third-order valence-corrected chi connectivity index (χ3v) is 4.27. The summed E-state index contributed by atoms with van der Waals surface area (Å²) in [4.78, 5) is 15.8. The first-order chi connectivity index (χ1) is 9.76. The van der Waals surface area contributed by atoms with Crippen LogP contribution in [0.15, 0.2) is 4.99 Å². The van der Waals surface area contributed by atoms with Crippen LogP contribution in [0.1, 0.15) is 19.8 Å². The summed E-state index contributed by atoms with van der Waals surface area (Å²) >= 11 is 2.00. The largest absolute Gasteiger partial charge is 0.383 e. The Labute approximate surface area is 125 Å². The van der Waals surface area contributed by atoms with Crippen LogP contribution in [-0.4, -0.2) is 62.8 Å². The zero-order valence-corrected chi connectivity index (χ0v) is 13.2. The number of hydrogen-bond acceptors (Lipinski definition) is 4. The highest BCUT2D eigenvalue weighted by molar-refractivity contribution is 8.00. The molecule has 1 unspecified atom stereocenters. The summed E-state index contributed by atoms with van der Waals surface area (Å²) in [5.41, 5.74) is 0. The lowest BCUT2D eigenvalue weighted by Crippen LogP contribution is -2.41. The number of amides is 1. The molecule has 1 aliphatic rings. The number of methoxy groups -OCH3 is 1. The third kappa shape index (κ3) is 7.59. The van der Waals surface area contributed by atoms with Gasteiger partial charge < -0.3 is 20.7 Å². The van der Waals surface area contributed by atoms with E-state index in [1.165, 1.54) is 18.6 Å². The molecule has 1 amide bonds. The molecule has 0 spiro atoms. The van der Waals surface area contributed by atoms with Crippen molar-refractivity contribution in [2.75, 3.05) is 45.6 Å². The van der Waals surface area contributed by atoms with Gasteiger partial charge in [-0.3, -0.25) is 4.79 Å². The van der Waals surface area contributed by atoms with Crippen LogP contribution in [0.2, 0.25) is 0 Å². The highest BCUT2D eigenvalue weighted by atomic mass is 32.2. The number of rotatable bonds is 8. The molecule has 0 saturated carbocycles. The molecule has 6 nitrogen and oxygen atoms in total. The number of thioether (sulfide) groups is 1. The van der Waals surface area contributed by atoms with E-state index in [-0.39, 0.29) is 12.5 Å². The molecule has 0 aliphatic carbocycles. The maximum absolute atomic E-state index is 11.6. The maximum atomic E-state index is 11.6. The van der Waals surface area contributed by atoms with Gasteiger partial charge in [0.1, 0.15) is 6.54 Å². The Morgan fingerprint density at radius 1 is 1.40 bits per heavy atom. The summed E-state index contributed by atoms with van der Waals surface area (Å²) < 4.78 is 4.87. The van der Waals surface area contributed by atoms with Gasteiger partial charge in [-0.2, -0.15) is 11.8 Å². The van der Waals surface area contributed by atoms with Crippen LogP contribution in [-0.2, 0) is 9.53 Å². The molecule has 0 aromatic carbocycles. The van der Waals surface area contributed by atoms with E-state index in [0.29, 0.717) is 24.4 Å². The molecule has 7 heteroatoms. The van der Waals surface area contributed by atoms with Gasteiger partial charge in [0.15, 0.2) is 5.96 Å². The van der Waals surface area contributed by atoms with Gasteiger partial charge in [0.2, 0.25) is 5.91 Å². The number of nitrogens with one attached hydrogen (secondary N) is 3. The molecule has 1 heterocycles. The van der Waals surface area contributed by atoms with Crippen LogP contribution in [0.3, 0.4) is 0 Å². The van der Waals surface area contributed by atoms with Crippen LogP contribution >= 0.6 is 11.8 Å². The van der Waals surface area contributed by atoms with Gasteiger partial charge in [-0.1, -0.05) is 0 Å². The second kappa shape index (κ2) is 10.8. The molecule has 1 rings (SSSR count). The van der Waals surface area contributed by atoms with E-state index >= 15 is 0 Å². The molecule has 3 N–H and O–H groups in total. The second-order valence-electron chi connectivity index (χ2n) is 4.55. The van der Waals surface area contributed by atoms with E-state index in [1.807, 2.05) is 18.7 Å². The first kappa shape index (κ1) is 17.1. The first-order valence-electron chi connectivity index (χ1n) is 7.15. The SMILES string of the molecule is CCNC(=NCC(=O)NCCOC)NCC1CCCS1. The number of carbonyl (C=O) groups excluding carboxylic acids is 1. The van der Waals surface area contributed by atoms with Crippen molar-refractivity contribution in [3.8, 4) is 0 Å². The molecule has 1 saturated heterocycles. The molecule has 1 aliphatic heterocycles. The molecule has 20 heavy (non-hydrogen) atoms. The highest BCUT2D eigenvalue weighted by Crippen LogP contribution is 2.25. The van der Waals surface area contributed by atoms with Gasteiger partial charge in [0.25, 0.3) is 0 Å². The van der Waals surface area contributed by atoms with Gasteiger partial charge in [-0.05, 0) is 25.5 Å². The Morgan fingerprint density at radius 2 is 2.25 bits per heavy atom. The van der Waals surface area contributed by atoms with Crippen LogP contribution in [0, 0.1) is 0 Å². The molecular formula is C13H26N4O2S. The van der Waals surface area contributed by atoms with Crippen molar-refractivity contribution in [2.24, 2.45) is 4.99 Å². The number of guanidine groups is 1. The summed E-state index contributed by atoms with van der Waals surface area (Å²) in [5.74, 6) is 1.87. The minimum Gasteiger partial charge on any atom is -0.383 e. The van der Waals surface area contributed by atoms with Gasteiger partial charge in [0, 0.05) is 32.0 Å². The van der Waals surface area contributed by atoms with E-state index in [1.54, 1.807) is 7.11 Å². The maximum Gasteiger partial charge on any atom is 0.241 e. The minimum atomic E-state index is -0.0884. The fraction of sp³-hybridized carbons (Fsp3) is 0.846. The quantitative estimate of drug-likeness (QED) is 0.339. The highest BCUT2D eigenvalue weighted by Gasteiger charge is 2.15. The molecular weight excluding hydrogens is 276 g/mol. The predicted molar refractivity (Wildman–Crippen MR) is 84.3 cm³/mol. The first-order valence-corrected chi connectivity index (χ1v) is 8.20. The van der Waals surface area contributed by atoms with E-state index in [4.69, 9.17) is 4.74 Å². The van der Waals surface area contributed by atoms with Crippen molar-refractivity contribution in [1.29, 1.82) is 0 Å². The zero-order chi connectivity index (χ0) is 14.6. The Balaban J connectivity index is 2.27. The van der Waals surface area contributed by atoms with Crippen molar-refractivity contribution in [3.63, 3.8) is 0 Å². The van der Waals surface area contributed by atoms with Crippen molar-refractivity contribution in [2.45, 2.75) is 25.0 Å². The zero-order valence-electron chi connectivity index (χ0n) is 12.4. The molecule has 1 atom stereocenters. The van der Waals surface area contributed by atoms with Crippen molar-refractivity contribution in [3.05, 3.63) is 0 Å². The van der Waals surface area contributed by atoms with Gasteiger partial charge >= 0.3 is 0 Å². The lowest BCUT2D eigenvalue weighted by molar-refractivity contribution is -0.119. The van der Waals surface area contributed by atoms with Crippen LogP contribution < -0.4 is 16.0 Å². The van der Waals surface area contributed by atoms with Crippen molar-refractivity contribution < 1.29 is 9.53 Å². The van der Waals surface area contributed by atoms with Crippen LogP contribution in [0.25, 0.3) is 0 Å². The number of carbonyl (C=O) groups is 1. The van der Waals surface area contributed by atoms with Gasteiger partial charge in [0.05, 0.1) is 6.61 Å². The lowest BCUT2D eigenvalue weighted by atomic mass is 10.2. The van der Waals surface area contributed by atoms with Crippen LogP contribution in [0.4, 0.5) is 0 Å². The molecule has 0 aromatic heterocycles. The van der Waals surface area contributed by atoms with E-state index in [9.17, 15) is 4.79 Å². The average molecular weight is 302 g/mol. The molecule has 0 radical (unpaired) electrons. The number of hydrogen-bond donors (Lipinski definition) is 3. The fourth-order valence-corrected chi connectivity index (χ4v) is 3.06. The molecule has 116 valence electrons. The molecule has 1 fully saturated rings. The Morgan fingerprint density at radius 3 is 2.90 bits per heavy atom. The summed E-state index contributed by atoms with van der Waals surface area (Å²) in [6.45, 7) is 4.88. The topological polar surface area (TPSA) is 74.8 Å². The summed E-state index contributed by atoms with van der Waals surface area (Å²) in [7, 11) is 1.61.